The van der Waals surface area contributed by atoms with Gasteiger partial charge in [0.1, 0.15) is 23.8 Å². The summed E-state index contributed by atoms with van der Waals surface area (Å²) in [5.74, 6) is 1.06. The van der Waals surface area contributed by atoms with E-state index >= 15 is 0 Å². The van der Waals surface area contributed by atoms with Gasteiger partial charge in [0.25, 0.3) is 15.9 Å². The number of methoxy groups -OCH3 is 2. The normalized spacial score (nSPS) is 11.2. The van der Waals surface area contributed by atoms with Crippen LogP contribution in [0.2, 0.25) is 0 Å². The van der Waals surface area contributed by atoms with E-state index in [1.165, 1.54) is 32.6 Å². The van der Waals surface area contributed by atoms with Crippen LogP contribution in [0, 0.1) is 6.92 Å². The summed E-state index contributed by atoms with van der Waals surface area (Å²) in [5.41, 5.74) is 4.27. The van der Waals surface area contributed by atoms with Crippen LogP contribution >= 0.6 is 0 Å². The van der Waals surface area contributed by atoms with E-state index in [9.17, 15) is 13.2 Å². The van der Waals surface area contributed by atoms with Gasteiger partial charge in [-0.1, -0.05) is 17.7 Å². The average molecular weight is 512 g/mol. The molecule has 0 saturated carbocycles. The lowest BCUT2D eigenvalue weighted by Crippen LogP contribution is -2.39. The first-order chi connectivity index (χ1) is 17.3. The highest BCUT2D eigenvalue weighted by Gasteiger charge is 2.27. The van der Waals surface area contributed by atoms with Gasteiger partial charge in [0, 0.05) is 5.56 Å². The molecular weight excluding hydrogens is 482 g/mol. The number of nitrogens with one attached hydrogen (secondary N) is 1. The number of hydrogen-bond donors (Lipinski definition) is 1. The topological polar surface area (TPSA) is 107 Å². The molecule has 1 N–H and O–H groups in total. The number of anilines is 1. The SMILES string of the molecule is CCOc1ccc(S(=O)(=O)N(CC(=O)N/N=C\c2cc(OC)ccc2OC)c2ccc(C)cc2)cc1. The number of benzene rings is 3. The molecule has 0 fully saturated rings. The van der Waals surface area contributed by atoms with Gasteiger partial charge < -0.3 is 14.2 Å². The van der Waals surface area contributed by atoms with E-state index in [0.29, 0.717) is 35.1 Å². The molecule has 0 saturated heterocycles. The van der Waals surface area contributed by atoms with Crippen molar-refractivity contribution >= 4 is 27.8 Å². The number of carbonyl (C=O) groups is 1. The maximum atomic E-state index is 13.5. The largest absolute Gasteiger partial charge is 0.497 e. The van der Waals surface area contributed by atoms with Gasteiger partial charge in [0.05, 0.1) is 37.6 Å². The molecule has 0 atom stereocenters. The lowest BCUT2D eigenvalue weighted by Gasteiger charge is -2.24. The summed E-state index contributed by atoms with van der Waals surface area (Å²) in [6.45, 7) is 3.72. The van der Waals surface area contributed by atoms with E-state index in [1.54, 1.807) is 54.6 Å². The van der Waals surface area contributed by atoms with Crippen molar-refractivity contribution in [3.05, 3.63) is 77.9 Å². The standard InChI is InChI=1S/C26H29N3O6S/c1-5-35-22-10-13-24(14-11-22)36(31,32)29(21-8-6-19(2)7-9-21)18-26(30)28-27-17-20-16-23(33-3)12-15-25(20)34-4/h6-17H,5,18H2,1-4H3,(H,28,30)/b27-17-. The summed E-state index contributed by atoms with van der Waals surface area (Å²) in [5, 5.41) is 3.98. The third-order valence-corrected chi connectivity index (χ3v) is 6.95. The lowest BCUT2D eigenvalue weighted by molar-refractivity contribution is -0.119. The zero-order valence-corrected chi connectivity index (χ0v) is 21.4. The minimum Gasteiger partial charge on any atom is -0.497 e. The molecule has 3 rings (SSSR count). The second-order valence-corrected chi connectivity index (χ2v) is 9.52. The van der Waals surface area contributed by atoms with Crippen LogP contribution < -0.4 is 23.9 Å². The van der Waals surface area contributed by atoms with Crippen LogP contribution in [0.15, 0.2) is 76.7 Å². The summed E-state index contributed by atoms with van der Waals surface area (Å²) in [6, 6.07) is 18.1. The van der Waals surface area contributed by atoms with Crippen LogP contribution in [0.4, 0.5) is 5.69 Å². The van der Waals surface area contributed by atoms with Crippen molar-refractivity contribution in [2.24, 2.45) is 5.10 Å². The predicted octanol–water partition coefficient (Wildman–Crippen LogP) is 3.76. The van der Waals surface area contributed by atoms with E-state index < -0.39 is 22.5 Å². The number of sulfonamides is 1. The minimum atomic E-state index is -4.06. The van der Waals surface area contributed by atoms with Crippen molar-refractivity contribution in [1.82, 2.24) is 5.43 Å². The number of ether oxygens (including phenoxy) is 3. The monoisotopic (exact) mass is 511 g/mol. The summed E-state index contributed by atoms with van der Waals surface area (Å²) in [4.78, 5) is 12.8. The maximum Gasteiger partial charge on any atom is 0.264 e. The quantitative estimate of drug-likeness (QED) is 0.310. The van der Waals surface area contributed by atoms with Gasteiger partial charge in [0.2, 0.25) is 0 Å². The molecule has 0 aliphatic heterocycles. The van der Waals surface area contributed by atoms with Crippen LogP contribution in [-0.4, -0.2) is 47.9 Å². The molecular formula is C26H29N3O6S. The third-order valence-electron chi connectivity index (χ3n) is 5.16. The van der Waals surface area contributed by atoms with E-state index in [0.717, 1.165) is 9.87 Å². The highest BCUT2D eigenvalue weighted by atomic mass is 32.2. The maximum absolute atomic E-state index is 13.5. The first-order valence-electron chi connectivity index (χ1n) is 11.1. The molecule has 9 nitrogen and oxygen atoms in total. The van der Waals surface area contributed by atoms with Crippen molar-refractivity contribution in [2.75, 3.05) is 31.7 Å². The minimum absolute atomic E-state index is 0.0314. The average Bonchev–Trinajstić information content (AvgIpc) is 2.88. The highest BCUT2D eigenvalue weighted by molar-refractivity contribution is 7.92. The van der Waals surface area contributed by atoms with Gasteiger partial charge >= 0.3 is 0 Å². The van der Waals surface area contributed by atoms with Gasteiger partial charge in [-0.2, -0.15) is 5.10 Å². The fourth-order valence-electron chi connectivity index (χ4n) is 3.31. The molecule has 0 heterocycles. The van der Waals surface area contributed by atoms with Crippen molar-refractivity contribution < 1.29 is 27.4 Å². The van der Waals surface area contributed by atoms with Crippen LogP contribution in [0.25, 0.3) is 0 Å². The molecule has 36 heavy (non-hydrogen) atoms. The first-order valence-corrected chi connectivity index (χ1v) is 12.6. The second kappa shape index (κ2) is 12.1. The molecule has 1 amide bonds. The molecule has 0 aliphatic rings. The Morgan fingerprint density at radius 3 is 2.25 bits per heavy atom. The fourth-order valence-corrected chi connectivity index (χ4v) is 4.73. The molecule has 3 aromatic rings. The number of nitrogens with zero attached hydrogens (tertiary/aromatic N) is 2. The number of hydrazone groups is 1. The van der Waals surface area contributed by atoms with Crippen molar-refractivity contribution in [1.29, 1.82) is 0 Å². The van der Waals surface area contributed by atoms with Crippen LogP contribution in [-0.2, 0) is 14.8 Å². The Labute approximate surface area is 211 Å². The molecule has 0 radical (unpaired) electrons. The van der Waals surface area contributed by atoms with Crippen LogP contribution in [0.1, 0.15) is 18.1 Å². The Kier molecular flexibility index (Phi) is 8.91. The zero-order chi connectivity index (χ0) is 26.1. The van der Waals surface area contributed by atoms with Crippen LogP contribution in [0.3, 0.4) is 0 Å². The zero-order valence-electron chi connectivity index (χ0n) is 20.6. The summed E-state index contributed by atoms with van der Waals surface area (Å²) in [7, 11) is -1.01. The van der Waals surface area contributed by atoms with E-state index in [4.69, 9.17) is 14.2 Å². The smallest absolute Gasteiger partial charge is 0.264 e. The molecule has 0 bridgehead atoms. The van der Waals surface area contributed by atoms with Gasteiger partial charge in [-0.25, -0.2) is 13.8 Å². The van der Waals surface area contributed by atoms with Gasteiger partial charge in [-0.15, -0.1) is 0 Å². The first kappa shape index (κ1) is 26.6. The summed E-state index contributed by atoms with van der Waals surface area (Å²) >= 11 is 0. The molecule has 0 aromatic heterocycles. The number of rotatable bonds is 11. The molecule has 190 valence electrons. The Hall–Kier alpha value is -4.05. The van der Waals surface area contributed by atoms with Crippen LogP contribution in [0.5, 0.6) is 17.2 Å². The lowest BCUT2D eigenvalue weighted by atomic mass is 10.2. The van der Waals surface area contributed by atoms with E-state index in [2.05, 4.69) is 10.5 Å². The number of carbonyl (C=O) groups excluding carboxylic acids is 1. The van der Waals surface area contributed by atoms with Gasteiger partial charge in [0.15, 0.2) is 0 Å². The molecule has 0 spiro atoms. The molecule has 3 aromatic carbocycles. The number of aryl methyl sites for hydroxylation is 1. The molecule has 10 heteroatoms. The highest BCUT2D eigenvalue weighted by Crippen LogP contribution is 2.26. The summed E-state index contributed by atoms with van der Waals surface area (Å²) < 4.78 is 44.0. The Balaban J connectivity index is 1.84. The van der Waals surface area contributed by atoms with Crippen molar-refractivity contribution in [2.45, 2.75) is 18.7 Å². The Morgan fingerprint density at radius 1 is 0.972 bits per heavy atom. The Bertz CT molecular complexity index is 1310. The van der Waals surface area contributed by atoms with Crippen molar-refractivity contribution in [3.8, 4) is 17.2 Å². The van der Waals surface area contributed by atoms with E-state index in [-0.39, 0.29) is 4.90 Å². The second-order valence-electron chi connectivity index (χ2n) is 7.65. The molecule has 0 aliphatic carbocycles. The molecule has 0 unspecified atom stereocenters. The summed E-state index contributed by atoms with van der Waals surface area (Å²) in [6.07, 6.45) is 1.40. The van der Waals surface area contributed by atoms with Crippen molar-refractivity contribution in [3.63, 3.8) is 0 Å². The van der Waals surface area contributed by atoms with Gasteiger partial charge in [-0.05, 0) is 68.4 Å². The number of hydrogen-bond acceptors (Lipinski definition) is 7. The number of amides is 1. The predicted molar refractivity (Wildman–Crippen MR) is 139 cm³/mol. The van der Waals surface area contributed by atoms with E-state index in [1.807, 2.05) is 13.8 Å². The fraction of sp³-hybridized carbons (Fsp3) is 0.231. The van der Waals surface area contributed by atoms with Gasteiger partial charge in [-0.3, -0.25) is 9.10 Å². The Morgan fingerprint density at radius 2 is 1.64 bits per heavy atom. The third kappa shape index (κ3) is 6.54.